The van der Waals surface area contributed by atoms with Gasteiger partial charge in [0.1, 0.15) is 22.1 Å². The zero-order valence-electron chi connectivity index (χ0n) is 38.4. The Balaban J connectivity index is 1.24. The van der Waals surface area contributed by atoms with E-state index in [-0.39, 0.29) is 10.8 Å². The molecule has 2 aliphatic carbocycles. The van der Waals surface area contributed by atoms with Crippen LogP contribution in [0, 0.1) is 13.8 Å². The molecule has 330 valence electrons. The first-order chi connectivity index (χ1) is 30.9. The van der Waals surface area contributed by atoms with Gasteiger partial charge >= 0.3 is 0 Å². The molecule has 0 bridgehead atoms. The molecule has 2 aliphatic rings. The lowest BCUT2D eigenvalue weighted by Crippen LogP contribution is -2.27. The lowest BCUT2D eigenvalue weighted by atomic mass is 9.68. The predicted molar refractivity (Wildman–Crippen MR) is 279 cm³/mol. The van der Waals surface area contributed by atoms with E-state index < -0.39 is 0 Å². The van der Waals surface area contributed by atoms with Crippen LogP contribution in [0.15, 0.2) is 36.4 Å². The third-order valence-corrected chi connectivity index (χ3v) is 19.8. The van der Waals surface area contributed by atoms with Crippen molar-refractivity contribution in [2.24, 2.45) is 0 Å². The van der Waals surface area contributed by atoms with E-state index in [0.29, 0.717) is 0 Å². The van der Waals surface area contributed by atoms with Gasteiger partial charge in [0.05, 0.1) is 32.9 Å². The van der Waals surface area contributed by atoms with Crippen molar-refractivity contribution in [1.29, 1.82) is 0 Å². The lowest BCUT2D eigenvalue weighted by Gasteiger charge is -2.35. The number of aryl methyl sites for hydroxylation is 2. The quantitative estimate of drug-likeness (QED) is 0.0674. The van der Waals surface area contributed by atoms with Crippen LogP contribution >= 0.6 is 57.5 Å². The first kappa shape index (κ1) is 43.8. The van der Waals surface area contributed by atoms with Gasteiger partial charge in [0.15, 0.2) is 0 Å². The van der Waals surface area contributed by atoms with Crippen molar-refractivity contribution in [2.75, 3.05) is 0 Å². The zero-order valence-corrected chi connectivity index (χ0v) is 42.5. The minimum Gasteiger partial charge on any atom is -0.173 e. The summed E-state index contributed by atoms with van der Waals surface area (Å²) in [4.78, 5) is 2.74. The Kier molecular flexibility index (Phi) is 12.7. The second-order valence-electron chi connectivity index (χ2n) is 19.2. The molecule has 0 atom stereocenters. The van der Waals surface area contributed by atoms with Gasteiger partial charge < -0.3 is 0 Å². The average molecular weight is 929 g/mol. The summed E-state index contributed by atoms with van der Waals surface area (Å²) < 4.78 is 26.4. The van der Waals surface area contributed by atoms with Crippen LogP contribution in [-0.2, 0) is 10.8 Å². The van der Waals surface area contributed by atoms with E-state index >= 15 is 0 Å². The molecule has 8 aromatic rings. The van der Waals surface area contributed by atoms with Crippen molar-refractivity contribution < 1.29 is 0 Å². The predicted octanol–water partition coefficient (Wildman–Crippen LogP) is 18.9. The van der Waals surface area contributed by atoms with Gasteiger partial charge in [-0.15, -0.1) is 34.0 Å². The topological polar surface area (TPSA) is 51.6 Å². The minimum atomic E-state index is -0.0989. The van der Waals surface area contributed by atoms with Gasteiger partial charge in [-0.2, -0.15) is 17.5 Å². The highest BCUT2D eigenvalue weighted by molar-refractivity contribution is 7.39. The summed E-state index contributed by atoms with van der Waals surface area (Å²) in [6.07, 6.45) is 25.0. The third kappa shape index (κ3) is 7.37. The van der Waals surface area contributed by atoms with Crippen LogP contribution in [0.5, 0.6) is 0 Å². The fourth-order valence-electron chi connectivity index (χ4n) is 11.9. The Hall–Kier alpha value is -3.08. The summed E-state index contributed by atoms with van der Waals surface area (Å²) in [5, 5.41) is 0. The van der Waals surface area contributed by atoms with Crippen molar-refractivity contribution in [1.82, 2.24) is 17.5 Å². The molecule has 0 amide bonds. The van der Waals surface area contributed by atoms with Crippen molar-refractivity contribution in [3.05, 3.63) is 69.1 Å². The van der Waals surface area contributed by atoms with Crippen molar-refractivity contribution >= 4 is 98.3 Å². The highest BCUT2D eigenvalue weighted by atomic mass is 32.1. The molecule has 0 saturated carbocycles. The SMILES string of the molecule is CCCCCCC1(CCCCCC)c2cc3c(cc2-c2c1cc(C)c1nsnc21)C(CCCCCC)(CCCCCC)c1cc(-c2cc4sc5cc(C)sc5c4s2)c2nsnc2c1-3. The van der Waals surface area contributed by atoms with Gasteiger partial charge in [-0.05, 0) is 109 Å². The Morgan fingerprint density at radius 3 is 1.40 bits per heavy atom. The normalized spacial score (nSPS) is 14.8. The molecule has 0 spiro atoms. The van der Waals surface area contributed by atoms with Gasteiger partial charge in [0, 0.05) is 46.7 Å². The maximum absolute atomic E-state index is 5.33. The molecule has 3 aromatic carbocycles. The van der Waals surface area contributed by atoms with Crippen LogP contribution in [0.1, 0.15) is 189 Å². The first-order valence-corrected chi connectivity index (χ1v) is 28.5. The number of thiophene rings is 3. The number of hydrogen-bond acceptors (Lipinski definition) is 9. The number of nitrogens with zero attached hydrogens (tertiary/aromatic N) is 4. The highest BCUT2D eigenvalue weighted by Crippen LogP contribution is 2.63. The van der Waals surface area contributed by atoms with E-state index in [2.05, 4.69) is 77.9 Å². The largest absolute Gasteiger partial charge is 0.173 e. The van der Waals surface area contributed by atoms with Crippen molar-refractivity contribution in [3.63, 3.8) is 0 Å². The van der Waals surface area contributed by atoms with Gasteiger partial charge in [-0.1, -0.05) is 136 Å². The molecule has 5 heterocycles. The first-order valence-electron chi connectivity index (χ1n) is 24.6. The van der Waals surface area contributed by atoms with Crippen LogP contribution in [0.25, 0.3) is 73.6 Å². The zero-order chi connectivity index (χ0) is 43.3. The Bertz CT molecular complexity index is 2890. The lowest BCUT2D eigenvalue weighted by molar-refractivity contribution is 0.397. The van der Waals surface area contributed by atoms with Gasteiger partial charge in [-0.25, -0.2) is 0 Å². The van der Waals surface area contributed by atoms with Crippen LogP contribution in [0.3, 0.4) is 0 Å². The van der Waals surface area contributed by atoms with Crippen molar-refractivity contribution in [2.45, 2.75) is 181 Å². The summed E-state index contributed by atoms with van der Waals surface area (Å²) in [5.41, 5.74) is 18.7. The smallest absolute Gasteiger partial charge is 0.114 e. The fraction of sp³-hybridized carbons (Fsp3) is 0.519. The van der Waals surface area contributed by atoms with Crippen LogP contribution < -0.4 is 0 Å². The second kappa shape index (κ2) is 18.3. The number of hydrogen-bond donors (Lipinski definition) is 0. The Morgan fingerprint density at radius 2 is 0.857 bits per heavy atom. The fourth-order valence-corrected chi connectivity index (χ4v) is 17.1. The average Bonchev–Trinajstić information content (AvgIpc) is 4.16. The third-order valence-electron chi connectivity index (χ3n) is 15.1. The highest BCUT2D eigenvalue weighted by Gasteiger charge is 2.49. The van der Waals surface area contributed by atoms with E-state index in [1.165, 1.54) is 225 Å². The summed E-state index contributed by atoms with van der Waals surface area (Å²) in [6.45, 7) is 13.9. The number of unbranched alkanes of at least 4 members (excludes halogenated alkanes) is 12. The molecule has 0 saturated heterocycles. The van der Waals surface area contributed by atoms with Gasteiger partial charge in [-0.3, -0.25) is 0 Å². The van der Waals surface area contributed by atoms with Gasteiger partial charge in [0.25, 0.3) is 0 Å². The molecule has 10 rings (SSSR count). The van der Waals surface area contributed by atoms with Crippen LogP contribution in [0.4, 0.5) is 0 Å². The number of fused-ring (bicyclic) bond motifs is 13. The standard InChI is InChI=1S/C54H64N4S5/c1-7-11-15-19-23-53(24-20-16-12-8-2)38-30-36-39(29-35(38)45-40(53)27-33(5)47-49(45)57-62-55-47)54(25-21-17-13-9-3,26-22-18-14-10-4)41-31-37(48-50(46(36)41)58-63-56-48)42-32-44-52(61-42)51-43(60-44)28-34(6)59-51/h27-32H,7-26H2,1-6H3. The maximum Gasteiger partial charge on any atom is 0.114 e. The molecule has 9 heteroatoms. The summed E-state index contributed by atoms with van der Waals surface area (Å²) >= 11 is 8.69. The molecule has 0 aliphatic heterocycles. The molecule has 0 fully saturated rings. The molecule has 0 unspecified atom stereocenters. The van der Waals surface area contributed by atoms with Gasteiger partial charge in [0.2, 0.25) is 0 Å². The van der Waals surface area contributed by atoms with E-state index in [1.807, 2.05) is 34.0 Å². The molecule has 63 heavy (non-hydrogen) atoms. The Morgan fingerprint density at radius 1 is 0.413 bits per heavy atom. The minimum absolute atomic E-state index is 0.0506. The van der Waals surface area contributed by atoms with Crippen LogP contribution in [0.2, 0.25) is 0 Å². The summed E-state index contributed by atoms with van der Waals surface area (Å²) in [6, 6.07) is 15.6. The molecule has 5 aromatic heterocycles. The summed E-state index contributed by atoms with van der Waals surface area (Å²) in [5.74, 6) is 0. The number of benzene rings is 3. The van der Waals surface area contributed by atoms with Crippen molar-refractivity contribution in [3.8, 4) is 32.7 Å². The Labute approximate surface area is 395 Å². The molecule has 4 nitrogen and oxygen atoms in total. The summed E-state index contributed by atoms with van der Waals surface area (Å²) in [7, 11) is 0. The molecular weight excluding hydrogens is 865 g/mol. The van der Waals surface area contributed by atoms with E-state index in [1.54, 1.807) is 11.1 Å². The van der Waals surface area contributed by atoms with E-state index in [0.717, 1.165) is 22.1 Å². The number of aromatic nitrogens is 4. The van der Waals surface area contributed by atoms with Crippen LogP contribution in [-0.4, -0.2) is 17.5 Å². The second-order valence-corrected chi connectivity index (χ2v) is 23.6. The van der Waals surface area contributed by atoms with E-state index in [9.17, 15) is 0 Å². The number of rotatable bonds is 21. The molecule has 0 radical (unpaired) electrons. The maximum atomic E-state index is 5.33. The monoisotopic (exact) mass is 928 g/mol. The molecular formula is C54H64N4S5. The molecule has 0 N–H and O–H groups in total. The van der Waals surface area contributed by atoms with E-state index in [4.69, 9.17) is 17.5 Å².